The summed E-state index contributed by atoms with van der Waals surface area (Å²) in [4.78, 5) is 21.9. The summed E-state index contributed by atoms with van der Waals surface area (Å²) < 4.78 is 25.9. The molecule has 7 nitrogen and oxygen atoms in total. The Labute approximate surface area is 122 Å². The number of sulfonamides is 1. The zero-order valence-corrected chi connectivity index (χ0v) is 12.5. The van der Waals surface area contributed by atoms with E-state index in [-0.39, 0.29) is 28.5 Å². The number of carboxylic acids is 2. The van der Waals surface area contributed by atoms with Gasteiger partial charge in [0.1, 0.15) is 0 Å². The fourth-order valence-electron chi connectivity index (χ4n) is 1.55. The molecule has 0 aliphatic heterocycles. The minimum absolute atomic E-state index is 0.0731. The molecule has 0 aliphatic rings. The third-order valence-corrected chi connectivity index (χ3v) is 3.98. The number of benzene rings is 1. The molecule has 0 saturated heterocycles. The molecular formula is C13H17NO6S. The Morgan fingerprint density at radius 2 is 1.57 bits per heavy atom. The van der Waals surface area contributed by atoms with Gasteiger partial charge in [0.2, 0.25) is 10.0 Å². The van der Waals surface area contributed by atoms with E-state index in [0.29, 0.717) is 6.42 Å². The van der Waals surface area contributed by atoms with Crippen LogP contribution in [0.15, 0.2) is 18.2 Å². The second-order valence-electron chi connectivity index (χ2n) is 5.01. The Balaban J connectivity index is 3.07. The average molecular weight is 315 g/mol. The first kappa shape index (κ1) is 17.0. The molecular weight excluding hydrogens is 298 g/mol. The van der Waals surface area contributed by atoms with Crippen LogP contribution in [0.2, 0.25) is 0 Å². The van der Waals surface area contributed by atoms with Crippen LogP contribution in [0.4, 0.5) is 5.69 Å². The number of aromatic carboxylic acids is 2. The third-order valence-electron chi connectivity index (χ3n) is 2.66. The molecule has 8 heteroatoms. The lowest BCUT2D eigenvalue weighted by molar-refractivity contribution is 0.0696. The van der Waals surface area contributed by atoms with Gasteiger partial charge >= 0.3 is 11.9 Å². The predicted octanol–water partition coefficient (Wildman–Crippen LogP) is 1.87. The molecule has 1 rings (SSSR count). The number of rotatable bonds is 7. The molecule has 116 valence electrons. The van der Waals surface area contributed by atoms with Gasteiger partial charge in [-0.25, -0.2) is 18.0 Å². The summed E-state index contributed by atoms with van der Waals surface area (Å²) in [5, 5.41) is 17.8. The van der Waals surface area contributed by atoms with Gasteiger partial charge in [0.25, 0.3) is 0 Å². The third kappa shape index (κ3) is 5.42. The fourth-order valence-corrected chi connectivity index (χ4v) is 2.92. The Morgan fingerprint density at radius 3 is 1.95 bits per heavy atom. The van der Waals surface area contributed by atoms with Gasteiger partial charge in [-0.2, -0.15) is 0 Å². The summed E-state index contributed by atoms with van der Waals surface area (Å²) in [7, 11) is -3.65. The van der Waals surface area contributed by atoms with E-state index in [9.17, 15) is 18.0 Å². The maximum Gasteiger partial charge on any atom is 0.335 e. The zero-order chi connectivity index (χ0) is 16.2. The minimum atomic E-state index is -3.65. The van der Waals surface area contributed by atoms with Crippen LogP contribution < -0.4 is 4.72 Å². The largest absolute Gasteiger partial charge is 0.478 e. The normalized spacial score (nSPS) is 11.4. The molecule has 0 radical (unpaired) electrons. The molecule has 0 atom stereocenters. The summed E-state index contributed by atoms with van der Waals surface area (Å²) >= 11 is 0. The molecule has 0 unspecified atom stereocenters. The smallest absolute Gasteiger partial charge is 0.335 e. The molecule has 1 aromatic carbocycles. The highest BCUT2D eigenvalue weighted by molar-refractivity contribution is 7.92. The van der Waals surface area contributed by atoms with E-state index in [1.165, 1.54) is 0 Å². The lowest BCUT2D eigenvalue weighted by Crippen LogP contribution is -2.18. The van der Waals surface area contributed by atoms with E-state index in [1.807, 2.05) is 13.8 Å². The van der Waals surface area contributed by atoms with Crippen molar-refractivity contribution in [3.05, 3.63) is 29.3 Å². The van der Waals surface area contributed by atoms with Gasteiger partial charge in [-0.3, -0.25) is 4.72 Å². The molecule has 0 aromatic heterocycles. The Bertz CT molecular complexity index is 618. The molecule has 0 spiro atoms. The first-order valence-corrected chi connectivity index (χ1v) is 7.88. The minimum Gasteiger partial charge on any atom is -0.478 e. The first-order chi connectivity index (χ1) is 9.60. The van der Waals surface area contributed by atoms with Crippen LogP contribution in [-0.4, -0.2) is 36.3 Å². The molecule has 0 bridgehead atoms. The van der Waals surface area contributed by atoms with Crippen LogP contribution in [0.3, 0.4) is 0 Å². The lowest BCUT2D eigenvalue weighted by atomic mass is 10.1. The van der Waals surface area contributed by atoms with Crippen molar-refractivity contribution in [2.75, 3.05) is 10.5 Å². The van der Waals surface area contributed by atoms with Crippen LogP contribution in [0.1, 0.15) is 41.0 Å². The Morgan fingerprint density at radius 1 is 1.10 bits per heavy atom. The van der Waals surface area contributed by atoms with Gasteiger partial charge in [0, 0.05) is 0 Å². The molecule has 0 fully saturated rings. The molecule has 0 aliphatic carbocycles. The molecule has 21 heavy (non-hydrogen) atoms. The van der Waals surface area contributed by atoms with Crippen LogP contribution >= 0.6 is 0 Å². The van der Waals surface area contributed by atoms with E-state index in [4.69, 9.17) is 10.2 Å². The van der Waals surface area contributed by atoms with Crippen molar-refractivity contribution in [1.29, 1.82) is 0 Å². The number of nitrogens with one attached hydrogen (secondary N) is 1. The van der Waals surface area contributed by atoms with Crippen molar-refractivity contribution in [2.45, 2.75) is 20.3 Å². The van der Waals surface area contributed by atoms with Crippen LogP contribution in [-0.2, 0) is 10.0 Å². The SMILES string of the molecule is CC(C)CCS(=O)(=O)Nc1cc(C(=O)O)cc(C(=O)O)c1. The van der Waals surface area contributed by atoms with Crippen molar-refractivity contribution in [1.82, 2.24) is 0 Å². The molecule has 1 aromatic rings. The highest BCUT2D eigenvalue weighted by atomic mass is 32.2. The van der Waals surface area contributed by atoms with Crippen molar-refractivity contribution < 1.29 is 28.2 Å². The number of anilines is 1. The number of hydrogen-bond acceptors (Lipinski definition) is 4. The number of hydrogen-bond donors (Lipinski definition) is 3. The van der Waals surface area contributed by atoms with Crippen molar-refractivity contribution >= 4 is 27.6 Å². The topological polar surface area (TPSA) is 121 Å². The van der Waals surface area contributed by atoms with Crippen molar-refractivity contribution in [3.63, 3.8) is 0 Å². The van der Waals surface area contributed by atoms with E-state index >= 15 is 0 Å². The van der Waals surface area contributed by atoms with Gasteiger partial charge in [0.15, 0.2) is 0 Å². The van der Waals surface area contributed by atoms with Gasteiger partial charge < -0.3 is 10.2 Å². The van der Waals surface area contributed by atoms with Crippen LogP contribution in [0.25, 0.3) is 0 Å². The average Bonchev–Trinajstić information content (AvgIpc) is 2.35. The maximum atomic E-state index is 11.9. The Kier molecular flexibility index (Phi) is 5.31. The van der Waals surface area contributed by atoms with E-state index in [1.54, 1.807) is 0 Å². The van der Waals surface area contributed by atoms with E-state index in [0.717, 1.165) is 18.2 Å². The summed E-state index contributed by atoms with van der Waals surface area (Å²) in [5.74, 6) is -2.59. The molecule has 0 amide bonds. The lowest BCUT2D eigenvalue weighted by Gasteiger charge is -2.11. The summed E-state index contributed by atoms with van der Waals surface area (Å²) in [6.07, 6.45) is 0.444. The highest BCUT2D eigenvalue weighted by Gasteiger charge is 2.16. The first-order valence-electron chi connectivity index (χ1n) is 6.23. The van der Waals surface area contributed by atoms with Crippen LogP contribution in [0, 0.1) is 5.92 Å². The van der Waals surface area contributed by atoms with Gasteiger partial charge in [0.05, 0.1) is 22.6 Å². The van der Waals surface area contributed by atoms with Gasteiger partial charge in [-0.05, 0) is 30.5 Å². The van der Waals surface area contributed by atoms with Crippen LogP contribution in [0.5, 0.6) is 0 Å². The predicted molar refractivity (Wildman–Crippen MR) is 77.2 cm³/mol. The highest BCUT2D eigenvalue weighted by Crippen LogP contribution is 2.17. The quantitative estimate of drug-likeness (QED) is 0.706. The fraction of sp³-hybridized carbons (Fsp3) is 0.385. The molecule has 0 saturated carbocycles. The second-order valence-corrected chi connectivity index (χ2v) is 6.85. The zero-order valence-electron chi connectivity index (χ0n) is 11.7. The summed E-state index contributed by atoms with van der Waals surface area (Å²) in [6.45, 7) is 3.76. The standard InChI is InChI=1S/C13H17NO6S/c1-8(2)3-4-21(19,20)14-11-6-9(12(15)16)5-10(7-11)13(17)18/h5-8,14H,3-4H2,1-2H3,(H,15,16)(H,17,18). The molecule has 0 heterocycles. The van der Waals surface area contributed by atoms with E-state index in [2.05, 4.69) is 4.72 Å². The monoisotopic (exact) mass is 315 g/mol. The van der Waals surface area contributed by atoms with E-state index < -0.39 is 22.0 Å². The Hall–Kier alpha value is -2.09. The second kappa shape index (κ2) is 6.57. The number of carbonyl (C=O) groups is 2. The maximum absolute atomic E-state index is 11.9. The number of carboxylic acid groups (broad SMARTS) is 2. The van der Waals surface area contributed by atoms with Crippen molar-refractivity contribution in [3.8, 4) is 0 Å². The molecule has 3 N–H and O–H groups in total. The summed E-state index contributed by atoms with van der Waals surface area (Å²) in [5.41, 5.74) is -0.663. The summed E-state index contributed by atoms with van der Waals surface area (Å²) in [6, 6.07) is 3.14. The van der Waals surface area contributed by atoms with Gasteiger partial charge in [-0.1, -0.05) is 13.8 Å². The van der Waals surface area contributed by atoms with Gasteiger partial charge in [-0.15, -0.1) is 0 Å². The van der Waals surface area contributed by atoms with Crippen molar-refractivity contribution in [2.24, 2.45) is 5.92 Å².